The zero-order valence-corrected chi connectivity index (χ0v) is 73.0. The molecule has 0 spiro atoms. The molecule has 0 N–H and O–H groups in total. The van der Waals surface area contributed by atoms with Crippen LogP contribution in [0.15, 0.2) is 0 Å². The molecule has 0 atom stereocenters. The van der Waals surface area contributed by atoms with Gasteiger partial charge in [0.2, 0.25) is 0 Å². The van der Waals surface area contributed by atoms with Crippen LogP contribution in [0.1, 0.15) is 0 Å². The molecule has 0 aromatic rings. The average Bonchev–Trinajstić information content (AvgIpc) is 1.94. The van der Waals surface area contributed by atoms with Crippen LogP contribution >= 0.6 is 0 Å². The Morgan fingerprint density at radius 1 is 0.214 bits per heavy atom. The molecule has 0 aliphatic heterocycles. The molecule has 0 aromatic heterocycles. The summed E-state index contributed by atoms with van der Waals surface area (Å²) in [6.45, 7) is 0. The molecular weight excluding hydrogens is 1320 g/mol. The van der Waals surface area contributed by atoms with Gasteiger partial charge in [-0.05, 0) is 0 Å². The van der Waals surface area contributed by atoms with E-state index in [2.05, 4.69) is 0 Å². The van der Waals surface area contributed by atoms with Crippen LogP contribution in [-0.4, -0.2) is 87.9 Å². The molecule has 18 nitrogen and oxygen atoms in total. The maximum absolute atomic E-state index is 10.2. The van der Waals surface area contributed by atoms with Crippen LogP contribution in [0, 0.1) is 0 Å². The quantitative estimate of drug-likeness (QED) is 0.161. The fourth-order valence-electron chi connectivity index (χ4n) is 0. The van der Waals surface area contributed by atoms with E-state index >= 15 is 0 Å². The van der Waals surface area contributed by atoms with Crippen molar-refractivity contribution in [2.24, 2.45) is 0 Å². The SMILES string of the molecule is O=[As]([O-])([O-])F.O=[As]([O-])([O-])F.O=[As]([O-])([O-])F.O=[As]([O-])([O-])F.O=[As]([O-])([O-])F.O=[As]([O-])([O-])F.[K+].[K+].[K+].[K+].[K+].[K+].[K+].[K+].[K+].[K+].[K+].[K+]. The van der Waals surface area contributed by atoms with Gasteiger partial charge in [0.05, 0.1) is 0 Å². The van der Waals surface area contributed by atoms with E-state index in [4.69, 9.17) is 71.6 Å². The molecule has 42 heteroatoms. The van der Waals surface area contributed by atoms with Crippen molar-refractivity contribution < 1.29 is 709 Å². The fraction of sp³-hybridized carbons (Fsp3) is 0. The first-order valence-electron chi connectivity index (χ1n) is 4.30. The molecule has 0 fully saturated rings. The van der Waals surface area contributed by atoms with Crippen molar-refractivity contribution >= 4 is 87.9 Å². The van der Waals surface area contributed by atoms with Crippen LogP contribution < -0.4 is 666 Å². The van der Waals surface area contributed by atoms with Crippen molar-refractivity contribution in [3.63, 3.8) is 0 Å². The van der Waals surface area contributed by atoms with Crippen molar-refractivity contribution in [3.05, 3.63) is 0 Å². The Labute approximate surface area is 766 Å². The van der Waals surface area contributed by atoms with Crippen LogP contribution in [-0.2, 0) is 22.4 Å². The Hall–Kier alpha value is 20.9. The number of hydrogen-bond donors (Lipinski definition) is 0. The zero-order chi connectivity index (χ0) is 27.0. The maximum atomic E-state index is 10.2. The van der Waals surface area contributed by atoms with Gasteiger partial charge in [0.1, 0.15) is 0 Å². The monoisotopic (exact) mass is 1320 g/mol. The minimum Gasteiger partial charge on any atom is 1.00 e. The summed E-state index contributed by atoms with van der Waals surface area (Å²) >= 11 is -36.8. The summed E-state index contributed by atoms with van der Waals surface area (Å²) in [5, 5.41) is 0. The van der Waals surface area contributed by atoms with Crippen LogP contribution in [0.3, 0.4) is 0 Å². The van der Waals surface area contributed by atoms with Gasteiger partial charge in [-0.1, -0.05) is 0 Å². The van der Waals surface area contributed by atoms with Gasteiger partial charge in [-0.25, -0.2) is 0 Å². The molecule has 0 rings (SSSR count). The van der Waals surface area contributed by atoms with E-state index < -0.39 is 87.9 Å². The normalized spacial score (nSPS) is 8.43. The van der Waals surface area contributed by atoms with Crippen molar-refractivity contribution in [1.29, 1.82) is 0 Å². The summed E-state index contributed by atoms with van der Waals surface area (Å²) < 4.78 is 214. The van der Waals surface area contributed by atoms with E-state index in [-0.39, 0.29) is 617 Å². The van der Waals surface area contributed by atoms with E-state index in [1.807, 2.05) is 0 Å². The third-order valence-corrected chi connectivity index (χ3v) is 0. The fourth-order valence-corrected chi connectivity index (χ4v) is 0. The summed E-state index contributed by atoms with van der Waals surface area (Å²) in [5.74, 6) is 0. The smallest absolute Gasteiger partial charge is 1.00 e. The minimum atomic E-state index is -6.12. The van der Waals surface area contributed by atoms with Gasteiger partial charge in [-0.15, -0.1) is 0 Å². The summed E-state index contributed by atoms with van der Waals surface area (Å²) in [5.41, 5.74) is 0. The molecular formula is As6F6K12O18. The van der Waals surface area contributed by atoms with Crippen molar-refractivity contribution in [3.8, 4) is 0 Å². The Balaban J connectivity index is -0.00000000973. The second-order valence-electron chi connectivity index (χ2n) is 2.58. The van der Waals surface area contributed by atoms with Gasteiger partial charge in [0.15, 0.2) is 0 Å². The zero-order valence-electron chi connectivity index (χ0n) is 24.3. The van der Waals surface area contributed by atoms with Crippen LogP contribution in [0.25, 0.3) is 0 Å². The van der Waals surface area contributed by atoms with Gasteiger partial charge < -0.3 is 0 Å². The maximum Gasteiger partial charge on any atom is 1.00 e. The van der Waals surface area contributed by atoms with E-state index in [0.717, 1.165) is 0 Å². The van der Waals surface area contributed by atoms with Gasteiger partial charge in [0.25, 0.3) is 0 Å². The van der Waals surface area contributed by atoms with E-state index in [1.165, 1.54) is 0 Å². The molecule has 0 unspecified atom stereocenters. The molecule has 0 saturated carbocycles. The predicted molar refractivity (Wildman–Crippen MR) is 45.3 cm³/mol. The Kier molecular flexibility index (Phi) is 202. The average molecular weight is 1320 g/mol. The Morgan fingerprint density at radius 3 is 0.214 bits per heavy atom. The molecule has 0 radical (unpaired) electrons. The van der Waals surface area contributed by atoms with Crippen LogP contribution in [0.2, 0.25) is 0 Å². The molecule has 0 bridgehead atoms. The van der Waals surface area contributed by atoms with E-state index in [9.17, 15) is 20.8 Å². The number of rotatable bonds is 0. The summed E-state index contributed by atoms with van der Waals surface area (Å²) in [6, 6.07) is 0. The molecule has 0 aromatic carbocycles. The number of hydrogen-bond acceptors (Lipinski definition) is 18. The first-order chi connectivity index (χ1) is 12.0. The predicted octanol–water partition coefficient (Wildman–Crippen LogP) is -50.7. The summed E-state index contributed by atoms with van der Waals surface area (Å²) in [4.78, 5) is 0. The summed E-state index contributed by atoms with van der Waals surface area (Å²) in [6.07, 6.45) is 0. The first kappa shape index (κ1) is 120. The largest absolute Gasteiger partial charge is 1.00 e. The van der Waals surface area contributed by atoms with Crippen molar-refractivity contribution in [1.82, 2.24) is 0 Å². The van der Waals surface area contributed by atoms with E-state index in [1.54, 1.807) is 0 Å². The topological polar surface area (TPSA) is 379 Å². The third-order valence-electron chi connectivity index (χ3n) is 0. The van der Waals surface area contributed by atoms with E-state index in [0.29, 0.717) is 0 Å². The van der Waals surface area contributed by atoms with Gasteiger partial charge in [-0.3, -0.25) is 0 Å². The van der Waals surface area contributed by atoms with Gasteiger partial charge >= 0.3 is 797 Å². The van der Waals surface area contributed by atoms with Crippen molar-refractivity contribution in [2.45, 2.75) is 0 Å². The molecule has 0 saturated heterocycles. The molecule has 0 heterocycles. The molecule has 0 amide bonds. The van der Waals surface area contributed by atoms with Gasteiger partial charge in [0, 0.05) is 0 Å². The first-order valence-corrected chi connectivity index (χ1v) is 22.3. The molecule has 192 valence electrons. The van der Waals surface area contributed by atoms with Crippen LogP contribution in [0.5, 0.6) is 0 Å². The minimum absolute atomic E-state index is 0. The number of halogens is 6. The molecule has 42 heavy (non-hydrogen) atoms. The standard InChI is InChI=1S/6AsFH2O3.12K/c6*2-1(3,4)5;;;;;;;;;;;;/h6*(H2,3,4,5);;;;;;;;;;;;/q;;;;;;12*+1/p-12. The molecule has 0 aliphatic rings. The Bertz CT molecular complexity index is 510. The Morgan fingerprint density at radius 2 is 0.214 bits per heavy atom. The van der Waals surface area contributed by atoms with Crippen molar-refractivity contribution in [2.75, 3.05) is 0 Å². The van der Waals surface area contributed by atoms with Crippen LogP contribution in [0.4, 0.5) is 20.8 Å². The third kappa shape index (κ3) is 501. The second-order valence-corrected chi connectivity index (χ2v) is 13.4. The second kappa shape index (κ2) is 70.9. The summed E-state index contributed by atoms with van der Waals surface area (Å²) in [7, 11) is 0. The molecule has 0 aliphatic carbocycles. The van der Waals surface area contributed by atoms with Gasteiger partial charge in [-0.2, -0.15) is 0 Å².